The summed E-state index contributed by atoms with van der Waals surface area (Å²) in [6.45, 7) is 2.04. The molecule has 0 atom stereocenters. The van der Waals surface area contributed by atoms with Gasteiger partial charge in [0.05, 0.1) is 5.52 Å². The molecule has 0 amide bonds. The molecule has 1 aromatic heterocycles. The molecule has 0 aliphatic heterocycles. The highest BCUT2D eigenvalue weighted by atomic mass is 27.1. The van der Waals surface area contributed by atoms with Crippen molar-refractivity contribution in [1.29, 1.82) is 0 Å². The summed E-state index contributed by atoms with van der Waals surface area (Å²) >= 11 is 0.354. The minimum Gasteiger partial charge on any atom is -0.254 e. The number of nitrogens with zero attached hydrogens (tertiary/aromatic N) is 1. The fourth-order valence-corrected chi connectivity index (χ4v) is 2.31. The Kier molecular flexibility index (Phi) is 2.35. The molecule has 0 aliphatic carbocycles. The molecule has 1 nitrogen and oxygen atoms in total. The summed E-state index contributed by atoms with van der Waals surface area (Å²) in [5.74, 6) is 2.25. The van der Waals surface area contributed by atoms with Crippen molar-refractivity contribution in [2.45, 2.75) is 12.7 Å². The maximum atomic E-state index is 4.57. The van der Waals surface area contributed by atoms with Gasteiger partial charge < -0.3 is 0 Å². The molecule has 1 aromatic carbocycles. The van der Waals surface area contributed by atoms with Crippen molar-refractivity contribution in [3.05, 3.63) is 36.0 Å². The molecule has 2 heteroatoms. The average molecular weight is 184 g/mol. The Hall–Kier alpha value is -0.838. The molecular formula is C11H11AlN. The number of pyridine rings is 1. The predicted octanol–water partition coefficient (Wildman–Crippen LogP) is 1.92. The molecule has 0 unspecified atom stereocenters. The predicted molar refractivity (Wildman–Crippen MR) is 57.7 cm³/mol. The molecule has 0 bridgehead atoms. The highest BCUT2D eigenvalue weighted by Crippen LogP contribution is 2.09. The molecule has 13 heavy (non-hydrogen) atoms. The second-order valence-electron chi connectivity index (χ2n) is 3.16. The molecule has 2 aromatic rings. The van der Waals surface area contributed by atoms with Crippen LogP contribution in [-0.4, -0.2) is 20.2 Å². The standard InChI is InChI=1S/C10H8N.CH3.Al/c1-8-6-7-9-4-2-3-5-10(9)11-8;;/h2-4,6-7H,1H3;1H3;. The van der Waals surface area contributed by atoms with Crippen molar-refractivity contribution >= 4 is 30.5 Å². The monoisotopic (exact) mass is 184 g/mol. The summed E-state index contributed by atoms with van der Waals surface area (Å²) in [6, 6.07) is 10.6. The van der Waals surface area contributed by atoms with E-state index < -0.39 is 0 Å². The SMILES string of the molecule is [CH3][Al][c]1cccc2ccc(C)nc12. The topological polar surface area (TPSA) is 12.9 Å². The van der Waals surface area contributed by atoms with E-state index in [1.54, 1.807) is 0 Å². The quantitative estimate of drug-likeness (QED) is 0.617. The molecule has 0 aliphatic rings. The molecule has 1 heterocycles. The first-order valence-corrected chi connectivity index (χ1v) is 6.20. The highest BCUT2D eigenvalue weighted by Gasteiger charge is 2.00. The number of aromatic nitrogens is 1. The van der Waals surface area contributed by atoms with Gasteiger partial charge in [0.1, 0.15) is 0 Å². The van der Waals surface area contributed by atoms with Gasteiger partial charge in [0.25, 0.3) is 15.2 Å². The number of rotatable bonds is 1. The Morgan fingerprint density at radius 3 is 2.77 bits per heavy atom. The van der Waals surface area contributed by atoms with Gasteiger partial charge >= 0.3 is 0 Å². The van der Waals surface area contributed by atoms with E-state index in [-0.39, 0.29) is 0 Å². The van der Waals surface area contributed by atoms with Crippen LogP contribution >= 0.6 is 0 Å². The van der Waals surface area contributed by atoms with E-state index >= 15 is 0 Å². The summed E-state index contributed by atoms with van der Waals surface area (Å²) in [7, 11) is 0. The van der Waals surface area contributed by atoms with Gasteiger partial charge in [-0.2, -0.15) is 0 Å². The first kappa shape index (κ1) is 8.75. The second-order valence-corrected chi connectivity index (χ2v) is 4.36. The summed E-state index contributed by atoms with van der Waals surface area (Å²) < 4.78 is 1.42. The summed E-state index contributed by atoms with van der Waals surface area (Å²) in [5.41, 5.74) is 2.30. The lowest BCUT2D eigenvalue weighted by Crippen LogP contribution is -2.12. The fourth-order valence-electron chi connectivity index (χ4n) is 1.50. The van der Waals surface area contributed by atoms with Crippen molar-refractivity contribution in [3.8, 4) is 0 Å². The van der Waals surface area contributed by atoms with Crippen LogP contribution in [0.4, 0.5) is 0 Å². The van der Waals surface area contributed by atoms with Crippen LogP contribution in [0.5, 0.6) is 0 Å². The molecule has 0 saturated carbocycles. The van der Waals surface area contributed by atoms with Gasteiger partial charge in [0.2, 0.25) is 0 Å². The van der Waals surface area contributed by atoms with Gasteiger partial charge in [-0.05, 0) is 18.4 Å². The van der Waals surface area contributed by atoms with Gasteiger partial charge in [-0.1, -0.05) is 28.7 Å². The zero-order valence-electron chi connectivity index (χ0n) is 7.91. The van der Waals surface area contributed by atoms with E-state index in [0.29, 0.717) is 15.2 Å². The van der Waals surface area contributed by atoms with Crippen molar-refractivity contribution in [3.63, 3.8) is 0 Å². The number of hydrogen-bond acceptors (Lipinski definition) is 1. The largest absolute Gasteiger partial charge is 0.254 e. The maximum absolute atomic E-state index is 4.57. The number of para-hydroxylation sites is 1. The Morgan fingerprint density at radius 1 is 1.15 bits per heavy atom. The van der Waals surface area contributed by atoms with Crippen molar-refractivity contribution in [2.24, 2.45) is 0 Å². The minimum absolute atomic E-state index is 0.354. The molecular weight excluding hydrogens is 173 g/mol. The van der Waals surface area contributed by atoms with Crippen LogP contribution in [0.3, 0.4) is 0 Å². The first-order chi connectivity index (χ1) is 6.31. The molecule has 1 radical (unpaired) electrons. The number of fused-ring (bicyclic) bond motifs is 1. The Balaban J connectivity index is 2.79. The fraction of sp³-hybridized carbons (Fsp3) is 0.182. The Labute approximate surface area is 84.5 Å². The lowest BCUT2D eigenvalue weighted by atomic mass is 10.2. The van der Waals surface area contributed by atoms with Crippen LogP contribution < -0.4 is 4.43 Å². The van der Waals surface area contributed by atoms with E-state index in [0.717, 1.165) is 5.69 Å². The molecule has 63 valence electrons. The molecule has 2 rings (SSSR count). The van der Waals surface area contributed by atoms with Crippen molar-refractivity contribution < 1.29 is 0 Å². The molecule has 0 saturated heterocycles. The third-order valence-electron chi connectivity index (χ3n) is 2.20. The summed E-state index contributed by atoms with van der Waals surface area (Å²) in [5, 5.41) is 1.26. The van der Waals surface area contributed by atoms with Crippen LogP contribution in [0.15, 0.2) is 30.3 Å². The van der Waals surface area contributed by atoms with Crippen molar-refractivity contribution in [2.75, 3.05) is 0 Å². The summed E-state index contributed by atoms with van der Waals surface area (Å²) in [4.78, 5) is 4.57. The molecule has 0 spiro atoms. The third kappa shape index (κ3) is 1.61. The number of aryl methyl sites for hydroxylation is 1. The van der Waals surface area contributed by atoms with Crippen LogP contribution in [0.2, 0.25) is 5.79 Å². The maximum Gasteiger partial charge on any atom is 0.250 e. The normalized spacial score (nSPS) is 10.3. The number of hydrogen-bond donors (Lipinski definition) is 0. The van der Waals surface area contributed by atoms with E-state index in [4.69, 9.17) is 0 Å². The minimum atomic E-state index is 0.354. The second kappa shape index (κ2) is 3.49. The van der Waals surface area contributed by atoms with Gasteiger partial charge in [-0.3, -0.25) is 4.98 Å². The molecule has 0 fully saturated rings. The zero-order chi connectivity index (χ0) is 9.26. The lowest BCUT2D eigenvalue weighted by Gasteiger charge is -2.03. The van der Waals surface area contributed by atoms with Gasteiger partial charge in [-0.25, -0.2) is 0 Å². The van der Waals surface area contributed by atoms with E-state index in [1.807, 2.05) is 6.92 Å². The van der Waals surface area contributed by atoms with Crippen LogP contribution in [-0.2, 0) is 0 Å². The Morgan fingerprint density at radius 2 is 2.00 bits per heavy atom. The van der Waals surface area contributed by atoms with Crippen LogP contribution in [0.25, 0.3) is 10.9 Å². The van der Waals surface area contributed by atoms with Crippen LogP contribution in [0.1, 0.15) is 5.69 Å². The lowest BCUT2D eigenvalue weighted by molar-refractivity contribution is 1.26. The van der Waals surface area contributed by atoms with Gasteiger partial charge in [0.15, 0.2) is 0 Å². The van der Waals surface area contributed by atoms with E-state index in [1.165, 1.54) is 15.3 Å². The van der Waals surface area contributed by atoms with E-state index in [9.17, 15) is 0 Å². The Bertz CT molecular complexity index is 437. The zero-order valence-corrected chi connectivity index (χ0v) is 9.07. The van der Waals surface area contributed by atoms with Crippen LogP contribution in [0, 0.1) is 6.92 Å². The highest BCUT2D eigenvalue weighted by molar-refractivity contribution is 6.55. The number of benzene rings is 1. The smallest absolute Gasteiger partial charge is 0.250 e. The van der Waals surface area contributed by atoms with Gasteiger partial charge in [-0.15, -0.1) is 5.79 Å². The third-order valence-corrected chi connectivity index (χ3v) is 3.29. The van der Waals surface area contributed by atoms with Crippen molar-refractivity contribution in [1.82, 2.24) is 4.98 Å². The first-order valence-electron chi connectivity index (χ1n) is 4.47. The molecule has 0 N–H and O–H groups in total. The van der Waals surface area contributed by atoms with E-state index in [2.05, 4.69) is 41.1 Å². The summed E-state index contributed by atoms with van der Waals surface area (Å²) in [6.07, 6.45) is 0. The average Bonchev–Trinajstić information content (AvgIpc) is 2.17. The van der Waals surface area contributed by atoms with Gasteiger partial charge in [0, 0.05) is 5.69 Å².